The molecular weight excluding hydrogens is 354 g/mol. The fourth-order valence-corrected chi connectivity index (χ4v) is 3.88. The molecule has 0 aliphatic carbocycles. The monoisotopic (exact) mass is 373 g/mol. The third-order valence-corrected chi connectivity index (χ3v) is 5.05. The minimum atomic E-state index is -0.862. The number of ketones is 1. The van der Waals surface area contributed by atoms with Gasteiger partial charge in [0.1, 0.15) is 11.9 Å². The quantitative estimate of drug-likeness (QED) is 0.713. The molecule has 28 heavy (non-hydrogen) atoms. The Morgan fingerprint density at radius 1 is 1.00 bits per heavy atom. The average molecular weight is 373 g/mol. The van der Waals surface area contributed by atoms with Gasteiger partial charge < -0.3 is 5.32 Å². The summed E-state index contributed by atoms with van der Waals surface area (Å²) in [4.78, 5) is 42.8. The normalized spacial score (nSPS) is 21.0. The van der Waals surface area contributed by atoms with Gasteiger partial charge in [0.05, 0.1) is 5.92 Å². The van der Waals surface area contributed by atoms with Gasteiger partial charge in [0.15, 0.2) is 5.78 Å². The van der Waals surface area contributed by atoms with Crippen molar-refractivity contribution in [2.24, 2.45) is 0 Å². The molecule has 1 aromatic heterocycles. The summed E-state index contributed by atoms with van der Waals surface area (Å²) < 4.78 is 1.38. The van der Waals surface area contributed by atoms with E-state index in [2.05, 4.69) is 10.3 Å². The van der Waals surface area contributed by atoms with Gasteiger partial charge in [-0.15, -0.1) is 0 Å². The smallest absolute Gasteiger partial charge is 0.255 e. The van der Waals surface area contributed by atoms with Crippen LogP contribution in [-0.4, -0.2) is 33.2 Å². The zero-order valence-electron chi connectivity index (χ0n) is 15.3. The predicted molar refractivity (Wildman–Crippen MR) is 103 cm³/mol. The molecule has 4 rings (SSSR count). The molecule has 0 fully saturated rings. The fourth-order valence-electron chi connectivity index (χ4n) is 3.88. The standard InChI is InChI=1S/C22H19N3O3/c1-14(26)24-19-17(15-8-4-2-5-9-15)18(20(27)16-10-6-3-7-11-16)21-23-12-13-25(21)22(19)28/h2-13,17-19H,1H3,(H,24,26)/t17-,18-,19-/m0/s1. The molecule has 0 unspecified atom stereocenters. The number of fused-ring (bicyclic) bond motifs is 1. The van der Waals surface area contributed by atoms with Crippen LogP contribution in [0.5, 0.6) is 0 Å². The number of benzene rings is 2. The molecule has 0 saturated heterocycles. The number of amides is 1. The molecule has 6 heteroatoms. The molecule has 1 amide bonds. The van der Waals surface area contributed by atoms with Crippen LogP contribution in [0.3, 0.4) is 0 Å². The van der Waals surface area contributed by atoms with Crippen molar-refractivity contribution in [1.82, 2.24) is 14.9 Å². The average Bonchev–Trinajstić information content (AvgIpc) is 3.20. The third-order valence-electron chi connectivity index (χ3n) is 5.05. The van der Waals surface area contributed by atoms with Gasteiger partial charge in [0.25, 0.3) is 5.91 Å². The Morgan fingerprint density at radius 3 is 2.29 bits per heavy atom. The Hall–Kier alpha value is -3.54. The van der Waals surface area contributed by atoms with E-state index in [0.717, 1.165) is 5.56 Å². The van der Waals surface area contributed by atoms with Crippen molar-refractivity contribution in [3.8, 4) is 0 Å². The van der Waals surface area contributed by atoms with E-state index in [-0.39, 0.29) is 17.6 Å². The Kier molecular flexibility index (Phi) is 4.61. The third kappa shape index (κ3) is 3.03. The number of Topliss-reactive ketones (excluding diaryl/α,β-unsaturated/α-hetero) is 1. The van der Waals surface area contributed by atoms with Gasteiger partial charge in [-0.1, -0.05) is 60.7 Å². The largest absolute Gasteiger partial charge is 0.344 e. The van der Waals surface area contributed by atoms with Crippen LogP contribution in [0.25, 0.3) is 0 Å². The van der Waals surface area contributed by atoms with Crippen molar-refractivity contribution in [2.75, 3.05) is 0 Å². The molecule has 0 bridgehead atoms. The van der Waals surface area contributed by atoms with E-state index in [1.165, 1.54) is 17.7 Å². The molecule has 140 valence electrons. The molecule has 6 nitrogen and oxygen atoms in total. The Bertz CT molecular complexity index is 1030. The van der Waals surface area contributed by atoms with E-state index in [1.54, 1.807) is 30.5 Å². The Morgan fingerprint density at radius 2 is 1.64 bits per heavy atom. The van der Waals surface area contributed by atoms with Crippen molar-refractivity contribution in [3.63, 3.8) is 0 Å². The van der Waals surface area contributed by atoms with Gasteiger partial charge in [-0.25, -0.2) is 4.98 Å². The lowest BCUT2D eigenvalue weighted by Gasteiger charge is -2.37. The summed E-state index contributed by atoms with van der Waals surface area (Å²) in [5.41, 5.74) is 1.34. The number of carbonyl (C=O) groups excluding carboxylic acids is 3. The second-order valence-electron chi connectivity index (χ2n) is 6.82. The number of carbonyl (C=O) groups is 3. The first kappa shape index (κ1) is 17.9. The number of imidazole rings is 1. The topological polar surface area (TPSA) is 81.1 Å². The molecule has 1 aliphatic rings. The summed E-state index contributed by atoms with van der Waals surface area (Å²) >= 11 is 0. The van der Waals surface area contributed by atoms with E-state index < -0.39 is 17.9 Å². The maximum absolute atomic E-state index is 13.5. The first-order valence-electron chi connectivity index (χ1n) is 9.06. The molecule has 0 saturated carbocycles. The van der Waals surface area contributed by atoms with Crippen LogP contribution in [0.4, 0.5) is 0 Å². The highest BCUT2D eigenvalue weighted by atomic mass is 16.2. The number of nitrogens with zero attached hydrogens (tertiary/aromatic N) is 2. The van der Waals surface area contributed by atoms with E-state index in [9.17, 15) is 14.4 Å². The number of nitrogens with one attached hydrogen (secondary N) is 1. The van der Waals surface area contributed by atoms with Crippen LogP contribution >= 0.6 is 0 Å². The molecule has 2 heterocycles. The van der Waals surface area contributed by atoms with Crippen molar-refractivity contribution in [2.45, 2.75) is 24.8 Å². The fraction of sp³-hybridized carbons (Fsp3) is 0.182. The highest BCUT2D eigenvalue weighted by Crippen LogP contribution is 2.41. The highest BCUT2D eigenvalue weighted by Gasteiger charge is 2.47. The van der Waals surface area contributed by atoms with Crippen LogP contribution in [0.1, 0.15) is 45.3 Å². The van der Waals surface area contributed by atoms with Gasteiger partial charge in [-0.05, 0) is 5.56 Å². The molecule has 0 radical (unpaired) electrons. The molecule has 2 aromatic carbocycles. The summed E-state index contributed by atoms with van der Waals surface area (Å²) in [7, 11) is 0. The van der Waals surface area contributed by atoms with E-state index in [0.29, 0.717) is 11.4 Å². The zero-order valence-corrected chi connectivity index (χ0v) is 15.3. The second kappa shape index (κ2) is 7.23. The van der Waals surface area contributed by atoms with Crippen LogP contribution < -0.4 is 5.32 Å². The summed E-state index contributed by atoms with van der Waals surface area (Å²) in [6.45, 7) is 1.37. The maximum atomic E-state index is 13.5. The number of hydrogen-bond acceptors (Lipinski definition) is 4. The molecule has 0 spiro atoms. The molecule has 1 aliphatic heterocycles. The Balaban J connectivity index is 1.91. The summed E-state index contributed by atoms with van der Waals surface area (Å²) in [6, 6.07) is 17.4. The summed E-state index contributed by atoms with van der Waals surface area (Å²) in [5.74, 6) is -1.61. The van der Waals surface area contributed by atoms with Crippen molar-refractivity contribution < 1.29 is 14.4 Å². The van der Waals surface area contributed by atoms with Gasteiger partial charge in [-0.2, -0.15) is 0 Å². The number of rotatable bonds is 4. The van der Waals surface area contributed by atoms with Gasteiger partial charge >= 0.3 is 0 Å². The molecule has 3 atom stereocenters. The van der Waals surface area contributed by atoms with Gasteiger partial charge in [0, 0.05) is 30.8 Å². The van der Waals surface area contributed by atoms with Gasteiger partial charge in [-0.3, -0.25) is 19.0 Å². The molecular formula is C22H19N3O3. The first-order chi connectivity index (χ1) is 13.6. The lowest BCUT2D eigenvalue weighted by molar-refractivity contribution is -0.119. The summed E-state index contributed by atoms with van der Waals surface area (Å²) in [6.07, 6.45) is 3.05. The van der Waals surface area contributed by atoms with Crippen molar-refractivity contribution in [1.29, 1.82) is 0 Å². The zero-order chi connectivity index (χ0) is 19.7. The van der Waals surface area contributed by atoms with Gasteiger partial charge in [0.2, 0.25) is 5.91 Å². The molecule has 3 aromatic rings. The Labute approximate surface area is 162 Å². The molecule has 1 N–H and O–H groups in total. The lowest BCUT2D eigenvalue weighted by atomic mass is 9.74. The van der Waals surface area contributed by atoms with Crippen LogP contribution in [0, 0.1) is 0 Å². The SMILES string of the molecule is CC(=O)N[C@@H]1C(=O)n2ccnc2[C@H](C(=O)c2ccccc2)[C@@H]1c1ccccc1. The lowest BCUT2D eigenvalue weighted by Crippen LogP contribution is -2.52. The first-order valence-corrected chi connectivity index (χ1v) is 9.06. The van der Waals surface area contributed by atoms with E-state index in [1.807, 2.05) is 36.4 Å². The second-order valence-corrected chi connectivity index (χ2v) is 6.82. The minimum absolute atomic E-state index is 0.134. The van der Waals surface area contributed by atoms with E-state index in [4.69, 9.17) is 0 Å². The van der Waals surface area contributed by atoms with Crippen LogP contribution in [0.15, 0.2) is 73.1 Å². The minimum Gasteiger partial charge on any atom is -0.344 e. The maximum Gasteiger partial charge on any atom is 0.255 e. The van der Waals surface area contributed by atoms with Crippen molar-refractivity contribution >= 4 is 17.6 Å². The van der Waals surface area contributed by atoms with Crippen LogP contribution in [0.2, 0.25) is 0 Å². The predicted octanol–water partition coefficient (Wildman–Crippen LogP) is 2.79. The van der Waals surface area contributed by atoms with E-state index >= 15 is 0 Å². The van der Waals surface area contributed by atoms with Crippen molar-refractivity contribution in [3.05, 3.63) is 90.0 Å². The highest BCUT2D eigenvalue weighted by molar-refractivity contribution is 6.04. The number of hydrogen-bond donors (Lipinski definition) is 1. The number of aromatic nitrogens is 2. The summed E-state index contributed by atoms with van der Waals surface area (Å²) in [5, 5.41) is 2.76. The van der Waals surface area contributed by atoms with Crippen LogP contribution in [-0.2, 0) is 4.79 Å².